The van der Waals surface area contributed by atoms with Gasteiger partial charge in [-0.05, 0) is 49.3 Å². The van der Waals surface area contributed by atoms with Crippen LogP contribution in [0.2, 0.25) is 0 Å². The first kappa shape index (κ1) is 22.1. The highest BCUT2D eigenvalue weighted by Crippen LogP contribution is 2.52. The predicted molar refractivity (Wildman–Crippen MR) is 115 cm³/mol. The van der Waals surface area contributed by atoms with E-state index in [0.717, 1.165) is 24.0 Å². The molecule has 0 bridgehead atoms. The number of ether oxygens (including phenoxy) is 1. The number of amides is 1. The third kappa shape index (κ3) is 3.04. The average molecular weight is 441 g/mol. The van der Waals surface area contributed by atoms with E-state index in [-0.39, 0.29) is 24.2 Å². The maximum Gasteiger partial charge on any atom is 0.255 e. The van der Waals surface area contributed by atoms with Gasteiger partial charge in [0, 0.05) is 17.9 Å². The number of hydrogen-bond donors (Lipinski definition) is 4. The number of benzene rings is 1. The SMILES string of the molecule is CCCCOc1ccc(C)c2c1C(O)=C1C(=O)C3(O)C(O)=C(C(N)=O)C(=O)C[C@@H]3C[C@@H]1C2. The minimum atomic E-state index is -2.48. The molecular weight excluding hydrogens is 414 g/mol. The van der Waals surface area contributed by atoms with Gasteiger partial charge in [0.15, 0.2) is 11.4 Å². The summed E-state index contributed by atoms with van der Waals surface area (Å²) in [6.07, 6.45) is 2.07. The highest BCUT2D eigenvalue weighted by molar-refractivity contribution is 6.22. The molecule has 1 amide bonds. The van der Waals surface area contributed by atoms with Gasteiger partial charge in [0.25, 0.3) is 5.91 Å². The zero-order valence-electron chi connectivity index (χ0n) is 18.1. The van der Waals surface area contributed by atoms with Gasteiger partial charge >= 0.3 is 0 Å². The van der Waals surface area contributed by atoms with Gasteiger partial charge < -0.3 is 25.8 Å². The third-order valence-electron chi connectivity index (χ3n) is 6.92. The van der Waals surface area contributed by atoms with Crippen LogP contribution in [0, 0.1) is 18.8 Å². The molecule has 0 radical (unpaired) electrons. The lowest BCUT2D eigenvalue weighted by Crippen LogP contribution is -2.58. The van der Waals surface area contributed by atoms with Crippen molar-refractivity contribution in [2.45, 2.75) is 51.6 Å². The molecule has 0 aliphatic heterocycles. The fourth-order valence-corrected chi connectivity index (χ4v) is 5.21. The summed E-state index contributed by atoms with van der Waals surface area (Å²) < 4.78 is 5.87. The Bertz CT molecular complexity index is 1100. The largest absolute Gasteiger partial charge is 0.508 e. The van der Waals surface area contributed by atoms with E-state index in [1.165, 1.54) is 0 Å². The van der Waals surface area contributed by atoms with Crippen LogP contribution in [-0.2, 0) is 20.8 Å². The molecule has 8 nitrogen and oxygen atoms in total. The molecular formula is C24H27NO7. The quantitative estimate of drug-likeness (QED) is 0.404. The topological polar surface area (TPSA) is 147 Å². The van der Waals surface area contributed by atoms with Gasteiger partial charge in [0.2, 0.25) is 5.78 Å². The lowest BCUT2D eigenvalue weighted by Gasteiger charge is -2.46. The number of unbranched alkanes of at least 4 members (excludes halogenated alkanes) is 1. The molecule has 3 aliphatic rings. The van der Waals surface area contributed by atoms with Crippen LogP contribution in [0.15, 0.2) is 29.0 Å². The molecule has 170 valence electrons. The van der Waals surface area contributed by atoms with Crippen LogP contribution in [0.5, 0.6) is 5.75 Å². The van der Waals surface area contributed by atoms with E-state index in [2.05, 4.69) is 0 Å². The van der Waals surface area contributed by atoms with Gasteiger partial charge in [-0.3, -0.25) is 14.4 Å². The number of aliphatic hydroxyl groups excluding tert-OH is 2. The monoisotopic (exact) mass is 441 g/mol. The van der Waals surface area contributed by atoms with E-state index >= 15 is 0 Å². The standard InChI is InChI=1S/C24H27NO7/c1-3-4-7-32-16-6-5-11(2)14-9-12-8-13-10-15(26)19(23(25)30)22(29)24(13,31)21(28)17(12)20(27)18(14)16/h5-6,12-13,27,29,31H,3-4,7-10H2,1-2H3,(H2,25,30)/t12-,13+,24?/m1/s1. The minimum Gasteiger partial charge on any atom is -0.508 e. The molecule has 1 saturated carbocycles. The molecule has 8 heteroatoms. The summed E-state index contributed by atoms with van der Waals surface area (Å²) in [5, 5.41) is 33.1. The first-order valence-corrected chi connectivity index (χ1v) is 10.8. The molecule has 5 N–H and O–H groups in total. The smallest absolute Gasteiger partial charge is 0.255 e. The fraction of sp³-hybridized carbons (Fsp3) is 0.458. The fourth-order valence-electron chi connectivity index (χ4n) is 5.21. The number of nitrogens with two attached hydrogens (primary N) is 1. The van der Waals surface area contributed by atoms with E-state index in [1.54, 1.807) is 6.07 Å². The molecule has 0 spiro atoms. The van der Waals surface area contributed by atoms with Crippen molar-refractivity contribution >= 4 is 23.2 Å². The van der Waals surface area contributed by atoms with Gasteiger partial charge in [0.05, 0.1) is 12.2 Å². The molecule has 1 aromatic rings. The van der Waals surface area contributed by atoms with Gasteiger partial charge in [-0.25, -0.2) is 0 Å². The molecule has 1 unspecified atom stereocenters. The van der Waals surface area contributed by atoms with Crippen molar-refractivity contribution in [2.24, 2.45) is 17.6 Å². The average Bonchev–Trinajstić information content (AvgIpc) is 2.72. The maximum atomic E-state index is 13.5. The number of ketones is 2. The molecule has 3 atom stereocenters. The van der Waals surface area contributed by atoms with E-state index in [4.69, 9.17) is 10.5 Å². The summed E-state index contributed by atoms with van der Waals surface area (Å²) in [4.78, 5) is 37.6. The van der Waals surface area contributed by atoms with Crippen molar-refractivity contribution in [1.82, 2.24) is 0 Å². The van der Waals surface area contributed by atoms with Crippen LogP contribution in [0.1, 0.15) is 49.3 Å². The summed E-state index contributed by atoms with van der Waals surface area (Å²) >= 11 is 0. The Kier molecular flexibility index (Phi) is 5.36. The van der Waals surface area contributed by atoms with Crippen LogP contribution in [-0.4, -0.2) is 45.0 Å². The Morgan fingerprint density at radius 2 is 1.97 bits per heavy atom. The van der Waals surface area contributed by atoms with Crippen LogP contribution in [0.25, 0.3) is 5.76 Å². The first-order chi connectivity index (χ1) is 15.1. The molecule has 32 heavy (non-hydrogen) atoms. The number of rotatable bonds is 5. The maximum absolute atomic E-state index is 13.5. The third-order valence-corrected chi connectivity index (χ3v) is 6.92. The Morgan fingerprint density at radius 3 is 2.62 bits per heavy atom. The second-order valence-corrected chi connectivity index (χ2v) is 8.84. The first-order valence-electron chi connectivity index (χ1n) is 10.8. The zero-order valence-corrected chi connectivity index (χ0v) is 18.1. The van der Waals surface area contributed by atoms with Crippen LogP contribution in [0.4, 0.5) is 0 Å². The second-order valence-electron chi connectivity index (χ2n) is 8.84. The lowest BCUT2D eigenvalue weighted by molar-refractivity contribution is -0.147. The minimum absolute atomic E-state index is 0.0214. The highest BCUT2D eigenvalue weighted by Gasteiger charge is 2.60. The summed E-state index contributed by atoms with van der Waals surface area (Å²) in [6, 6.07) is 3.64. The van der Waals surface area contributed by atoms with Crippen molar-refractivity contribution in [1.29, 1.82) is 0 Å². The molecule has 1 fully saturated rings. The molecule has 0 heterocycles. The normalized spacial score (nSPS) is 27.1. The number of primary amides is 1. The number of fused-ring (bicyclic) bond motifs is 3. The molecule has 0 aromatic heterocycles. The number of aliphatic hydroxyl groups is 3. The van der Waals surface area contributed by atoms with Crippen molar-refractivity contribution in [3.8, 4) is 5.75 Å². The number of carbonyl (C=O) groups excluding carboxylic acids is 3. The Balaban J connectivity index is 1.87. The second kappa shape index (κ2) is 7.78. The van der Waals surface area contributed by atoms with Gasteiger partial charge in [-0.15, -0.1) is 0 Å². The number of Topliss-reactive ketones (excluding diaryl/α,β-unsaturated/α-hetero) is 2. The van der Waals surface area contributed by atoms with Crippen LogP contribution >= 0.6 is 0 Å². The van der Waals surface area contributed by atoms with Gasteiger partial charge in [0.1, 0.15) is 22.8 Å². The number of hydrogen-bond acceptors (Lipinski definition) is 7. The molecule has 0 saturated heterocycles. The van der Waals surface area contributed by atoms with Crippen molar-refractivity contribution in [3.63, 3.8) is 0 Å². The van der Waals surface area contributed by atoms with Crippen molar-refractivity contribution in [2.75, 3.05) is 6.61 Å². The van der Waals surface area contributed by atoms with E-state index in [1.807, 2.05) is 19.9 Å². The Labute approximate surface area is 185 Å². The molecule has 1 aromatic carbocycles. The Morgan fingerprint density at radius 1 is 1.25 bits per heavy atom. The Hall–Kier alpha value is -3.13. The van der Waals surface area contributed by atoms with Gasteiger partial charge in [-0.2, -0.15) is 0 Å². The summed E-state index contributed by atoms with van der Waals surface area (Å²) in [5.41, 5.74) is 4.14. The summed E-state index contributed by atoms with van der Waals surface area (Å²) in [5.74, 6) is -5.05. The molecule has 3 aliphatic carbocycles. The highest BCUT2D eigenvalue weighted by atomic mass is 16.5. The van der Waals surface area contributed by atoms with E-state index in [9.17, 15) is 29.7 Å². The van der Waals surface area contributed by atoms with Crippen LogP contribution < -0.4 is 10.5 Å². The summed E-state index contributed by atoms with van der Waals surface area (Å²) in [6.45, 7) is 4.39. The lowest BCUT2D eigenvalue weighted by atomic mass is 9.59. The zero-order chi connectivity index (χ0) is 23.4. The van der Waals surface area contributed by atoms with Crippen LogP contribution in [0.3, 0.4) is 0 Å². The number of aryl methyl sites for hydroxylation is 1. The predicted octanol–water partition coefficient (Wildman–Crippen LogP) is 2.21. The van der Waals surface area contributed by atoms with Gasteiger partial charge in [-0.1, -0.05) is 19.4 Å². The molecule has 4 rings (SSSR count). The summed E-state index contributed by atoms with van der Waals surface area (Å²) in [7, 11) is 0. The van der Waals surface area contributed by atoms with E-state index in [0.29, 0.717) is 24.3 Å². The van der Waals surface area contributed by atoms with Crippen molar-refractivity contribution < 1.29 is 34.4 Å². The van der Waals surface area contributed by atoms with Crippen molar-refractivity contribution in [3.05, 3.63) is 45.7 Å². The number of carbonyl (C=O) groups is 3. The van der Waals surface area contributed by atoms with E-state index < -0.39 is 46.2 Å².